The molecule has 0 aromatic carbocycles. The van der Waals surface area contributed by atoms with Gasteiger partial charge in [-0.1, -0.05) is 0 Å². The van der Waals surface area contributed by atoms with Gasteiger partial charge in [-0.25, -0.2) is 0 Å². The predicted octanol–water partition coefficient (Wildman–Crippen LogP) is -18.5. The Balaban J connectivity index is 0.864. The molecule has 520 valence electrons. The molecule has 8 fully saturated rings. The maximum absolute atomic E-state index is 11.4. The van der Waals surface area contributed by atoms with Crippen LogP contribution in [0.3, 0.4) is 0 Å². The van der Waals surface area contributed by atoms with Gasteiger partial charge in [-0.15, -0.1) is 0 Å². The van der Waals surface area contributed by atoms with Gasteiger partial charge in [0.1, 0.15) is 195 Å². The summed E-state index contributed by atoms with van der Waals surface area (Å²) in [7, 11) is 0. The molecule has 8 rings (SSSR count). The minimum atomic E-state index is -2.29. The van der Waals surface area contributed by atoms with E-state index in [1.54, 1.807) is 0 Å². The SMILES string of the molecule is OC[C@H]1O[C@@H](O[C@H]2[C@H](O)[C@H](O)[C@H](O[C@H]3[C@H](O)[C@H](O)[C@H](O[C@H]4[C@H](O)[C@H](O)[C@H](O[C@H]5[C@H](O)[C@H](O)[C@H](O)O[C@@H]5CO[C@H]5O[C@H](CO)[C@@H](O[C@@H]6O[C@H](CO)[C@@H](O[C@@H]7O[C@H](CO)[C@@H](O)[C@H](O)[C@H]7O)[C@H](O)[C@@H]6O)[C@H](O)[C@@H]5O)O[C@@H]4CO)O[C@@H]3CO)O[C@@H]2CO)[C@H](O)[C@@H](O)[C@@H]1O. The van der Waals surface area contributed by atoms with Crippen molar-refractivity contribution in [3.8, 4) is 0 Å². The fourth-order valence-corrected chi connectivity index (χ4v) is 11.4. The molecular formula is C48H82O41. The summed E-state index contributed by atoms with van der Waals surface area (Å²) < 4.78 is 83.5. The van der Waals surface area contributed by atoms with Gasteiger partial charge < -0.3 is 204 Å². The highest BCUT2D eigenvalue weighted by Crippen LogP contribution is 2.38. The van der Waals surface area contributed by atoms with E-state index in [-0.39, 0.29) is 0 Å². The zero-order valence-corrected chi connectivity index (χ0v) is 46.5. The van der Waals surface area contributed by atoms with E-state index in [0.29, 0.717) is 0 Å². The van der Waals surface area contributed by atoms with Crippen molar-refractivity contribution >= 4 is 0 Å². The first kappa shape index (κ1) is 73.2. The van der Waals surface area contributed by atoms with Crippen molar-refractivity contribution < 1.29 is 204 Å². The Morgan fingerprint density at radius 1 is 0.191 bits per heavy atom. The Kier molecular flexibility index (Phi) is 25.9. The van der Waals surface area contributed by atoms with Crippen LogP contribution in [-0.4, -0.2) is 431 Å². The Bertz CT molecular complexity index is 2120. The molecule has 0 aromatic heterocycles. The number of aliphatic hydroxyl groups excluding tert-OH is 26. The van der Waals surface area contributed by atoms with Crippen molar-refractivity contribution in [2.75, 3.05) is 52.9 Å². The minimum Gasteiger partial charge on any atom is -0.394 e. The first-order valence-corrected chi connectivity index (χ1v) is 28.2. The van der Waals surface area contributed by atoms with Crippen molar-refractivity contribution in [3.63, 3.8) is 0 Å². The van der Waals surface area contributed by atoms with E-state index >= 15 is 0 Å². The van der Waals surface area contributed by atoms with Crippen LogP contribution in [0, 0.1) is 0 Å². The molecule has 0 aromatic rings. The lowest BCUT2D eigenvalue weighted by Crippen LogP contribution is -2.68. The molecule has 8 saturated heterocycles. The van der Waals surface area contributed by atoms with Gasteiger partial charge in [-0.05, 0) is 0 Å². The van der Waals surface area contributed by atoms with Crippen molar-refractivity contribution in [2.24, 2.45) is 0 Å². The van der Waals surface area contributed by atoms with E-state index in [4.69, 9.17) is 71.1 Å². The molecule has 89 heavy (non-hydrogen) atoms. The van der Waals surface area contributed by atoms with Crippen LogP contribution in [0.25, 0.3) is 0 Å². The van der Waals surface area contributed by atoms with Crippen LogP contribution in [0.5, 0.6) is 0 Å². The molecular weight excluding hydrogens is 1230 g/mol. The van der Waals surface area contributed by atoms with Crippen molar-refractivity contribution in [3.05, 3.63) is 0 Å². The molecule has 8 aliphatic rings. The summed E-state index contributed by atoms with van der Waals surface area (Å²) in [6.07, 6.45) is -78.3. The smallest absolute Gasteiger partial charge is 0.187 e. The number of ether oxygens (including phenoxy) is 15. The largest absolute Gasteiger partial charge is 0.394 e. The fourth-order valence-electron chi connectivity index (χ4n) is 11.4. The molecule has 0 bridgehead atoms. The molecule has 0 saturated carbocycles. The quantitative estimate of drug-likeness (QED) is 0.0479. The summed E-state index contributed by atoms with van der Waals surface area (Å²) >= 11 is 0. The molecule has 41 nitrogen and oxygen atoms in total. The summed E-state index contributed by atoms with van der Waals surface area (Å²) in [6, 6.07) is 0. The summed E-state index contributed by atoms with van der Waals surface area (Å²) in [5.41, 5.74) is 0. The lowest BCUT2D eigenvalue weighted by atomic mass is 9.95. The molecule has 8 heterocycles. The van der Waals surface area contributed by atoms with E-state index in [1.807, 2.05) is 0 Å². The second kappa shape index (κ2) is 31.5. The van der Waals surface area contributed by atoms with Crippen LogP contribution in [0.4, 0.5) is 0 Å². The minimum absolute atomic E-state index is 0.854. The van der Waals surface area contributed by atoms with Crippen LogP contribution in [0.1, 0.15) is 0 Å². The van der Waals surface area contributed by atoms with E-state index in [2.05, 4.69) is 0 Å². The fraction of sp³-hybridized carbons (Fsp3) is 1.00. The third-order valence-corrected chi connectivity index (χ3v) is 16.6. The predicted molar refractivity (Wildman–Crippen MR) is 264 cm³/mol. The maximum Gasteiger partial charge on any atom is 0.187 e. The zero-order chi connectivity index (χ0) is 65.4. The molecule has 0 amide bonds. The lowest BCUT2D eigenvalue weighted by molar-refractivity contribution is -0.394. The highest BCUT2D eigenvalue weighted by Gasteiger charge is 2.59. The van der Waals surface area contributed by atoms with Gasteiger partial charge in [-0.2, -0.15) is 0 Å². The Labute approximate surface area is 501 Å². The van der Waals surface area contributed by atoms with Crippen LogP contribution < -0.4 is 0 Å². The van der Waals surface area contributed by atoms with E-state index in [1.165, 1.54) is 0 Å². The molecule has 26 N–H and O–H groups in total. The van der Waals surface area contributed by atoms with Crippen molar-refractivity contribution in [1.29, 1.82) is 0 Å². The topological polar surface area (TPSA) is 664 Å². The third kappa shape index (κ3) is 15.2. The zero-order valence-electron chi connectivity index (χ0n) is 46.5. The van der Waals surface area contributed by atoms with E-state index in [0.717, 1.165) is 0 Å². The molecule has 8 aliphatic heterocycles. The molecule has 41 heteroatoms. The second-order valence-electron chi connectivity index (χ2n) is 22.4. The van der Waals surface area contributed by atoms with Crippen molar-refractivity contribution in [1.82, 2.24) is 0 Å². The van der Waals surface area contributed by atoms with Crippen LogP contribution in [0.2, 0.25) is 0 Å². The number of hydrogen-bond donors (Lipinski definition) is 26. The highest BCUT2D eigenvalue weighted by atomic mass is 16.8. The Morgan fingerprint density at radius 3 is 0.652 bits per heavy atom. The summed E-state index contributed by atoms with van der Waals surface area (Å²) in [6.45, 7) is -7.87. The van der Waals surface area contributed by atoms with Crippen LogP contribution >= 0.6 is 0 Å². The lowest BCUT2D eigenvalue weighted by Gasteiger charge is -2.49. The first-order chi connectivity index (χ1) is 42.2. The van der Waals surface area contributed by atoms with E-state index < -0.39 is 299 Å². The summed E-state index contributed by atoms with van der Waals surface area (Å²) in [5, 5.41) is 276. The number of aliphatic hydroxyl groups is 26. The average molecular weight is 1320 g/mol. The van der Waals surface area contributed by atoms with Gasteiger partial charge in [0, 0.05) is 0 Å². The van der Waals surface area contributed by atoms with Gasteiger partial charge >= 0.3 is 0 Å². The third-order valence-electron chi connectivity index (χ3n) is 16.6. The van der Waals surface area contributed by atoms with Gasteiger partial charge in [0.15, 0.2) is 50.3 Å². The monoisotopic (exact) mass is 1310 g/mol. The summed E-state index contributed by atoms with van der Waals surface area (Å²) in [5.74, 6) is 0. The molecule has 0 unspecified atom stereocenters. The molecule has 0 spiro atoms. The molecule has 0 radical (unpaired) electrons. The number of rotatable bonds is 22. The highest BCUT2D eigenvalue weighted by molar-refractivity contribution is 5.01. The van der Waals surface area contributed by atoms with Crippen LogP contribution in [0.15, 0.2) is 0 Å². The maximum atomic E-state index is 11.4. The number of hydrogen-bond acceptors (Lipinski definition) is 41. The van der Waals surface area contributed by atoms with E-state index in [9.17, 15) is 133 Å². The van der Waals surface area contributed by atoms with Crippen LogP contribution in [-0.2, 0) is 71.1 Å². The van der Waals surface area contributed by atoms with Gasteiger partial charge in [0.25, 0.3) is 0 Å². The normalized spacial score (nSPS) is 53.6. The second-order valence-corrected chi connectivity index (χ2v) is 22.4. The van der Waals surface area contributed by atoms with Gasteiger partial charge in [0.2, 0.25) is 0 Å². The standard InChI is InChI=1S/C48H82O41/c49-1-9-17(56)19(58)28(67)43(77-9)84-36-12(4-52)80-45(31(70)23(36)62)86-35-11(3-51)79-42(30(69)22(35)61)75-8-16-40(21(60)27(66)41(74)76-16)89-48-34(73)26(65)39(15(7-55)83-48)88-47-33(72)25(64)38(14(6-54)82-47)87-46-32(71)24(63)37(13(5-53)81-46)85-44-29(68)20(59)18(57)10(2-50)78-44/h9-74H,1-8H2/t9-,10-,11-,12-,13-,14-,15-,16-,17-,18-,19+,20+,21-,22-,23-,24-,25-,26-,27+,28-,29-,30+,31+,32+,33+,34+,35-,36-,37-,38-,39-,40-,41-,42+,43+,44+,45+,46+,47+,48+/m1/s1. The van der Waals surface area contributed by atoms with Gasteiger partial charge in [-0.3, -0.25) is 0 Å². The van der Waals surface area contributed by atoms with Crippen molar-refractivity contribution in [2.45, 2.75) is 246 Å². The first-order valence-electron chi connectivity index (χ1n) is 28.2. The molecule has 0 aliphatic carbocycles. The molecule has 40 atom stereocenters. The van der Waals surface area contributed by atoms with Gasteiger partial charge in [0.05, 0.1) is 52.9 Å². The Hall–Kier alpha value is -1.64. The summed E-state index contributed by atoms with van der Waals surface area (Å²) in [4.78, 5) is 0. The Morgan fingerprint density at radius 2 is 0.393 bits per heavy atom. The average Bonchev–Trinajstić information content (AvgIpc) is 0.914.